The topological polar surface area (TPSA) is 30.5 Å². The molecule has 118 valence electrons. The Bertz CT molecular complexity index is 418. The van der Waals surface area contributed by atoms with Crippen LogP contribution in [0.15, 0.2) is 30.9 Å². The van der Waals surface area contributed by atoms with Gasteiger partial charge < -0.3 is 14.8 Å². The summed E-state index contributed by atoms with van der Waals surface area (Å²) in [5, 5.41) is 3.61. The molecule has 1 unspecified atom stereocenters. The molecule has 0 saturated carbocycles. The fourth-order valence-electron chi connectivity index (χ4n) is 2.33. The second-order valence-electron chi connectivity index (χ2n) is 5.08. The number of hydrogen-bond acceptors (Lipinski definition) is 3. The van der Waals surface area contributed by atoms with Crippen molar-refractivity contribution in [2.24, 2.45) is 0 Å². The van der Waals surface area contributed by atoms with Crippen LogP contribution in [0.25, 0.3) is 0 Å². The summed E-state index contributed by atoms with van der Waals surface area (Å²) in [4.78, 5) is 0. The minimum Gasteiger partial charge on any atom is -0.493 e. The SMILES string of the molecule is C=CCC(NCCCCC)c1ccc(OCC)c(OC)c1. The molecule has 1 N–H and O–H groups in total. The van der Waals surface area contributed by atoms with Crippen molar-refractivity contribution < 1.29 is 9.47 Å². The summed E-state index contributed by atoms with van der Waals surface area (Å²) in [5.41, 5.74) is 1.21. The van der Waals surface area contributed by atoms with Gasteiger partial charge in [0.05, 0.1) is 13.7 Å². The Kier molecular flexibility index (Phi) is 8.60. The van der Waals surface area contributed by atoms with Crippen molar-refractivity contribution in [3.05, 3.63) is 36.4 Å². The van der Waals surface area contributed by atoms with Crippen molar-refractivity contribution in [1.29, 1.82) is 0 Å². The Labute approximate surface area is 129 Å². The number of rotatable bonds is 11. The molecule has 21 heavy (non-hydrogen) atoms. The minimum atomic E-state index is 0.281. The lowest BCUT2D eigenvalue weighted by Gasteiger charge is -2.19. The zero-order valence-corrected chi connectivity index (χ0v) is 13.7. The van der Waals surface area contributed by atoms with Gasteiger partial charge in [-0.1, -0.05) is 31.9 Å². The van der Waals surface area contributed by atoms with Crippen LogP contribution in [-0.2, 0) is 0 Å². The highest BCUT2D eigenvalue weighted by molar-refractivity contribution is 5.44. The molecule has 0 aliphatic heterocycles. The maximum atomic E-state index is 5.57. The summed E-state index contributed by atoms with van der Waals surface area (Å²) < 4.78 is 11.0. The highest BCUT2D eigenvalue weighted by Gasteiger charge is 2.12. The van der Waals surface area contributed by atoms with Crippen molar-refractivity contribution in [2.45, 2.75) is 45.6 Å². The van der Waals surface area contributed by atoms with Crippen LogP contribution in [0.4, 0.5) is 0 Å². The second kappa shape index (κ2) is 10.3. The van der Waals surface area contributed by atoms with Gasteiger partial charge in [0.15, 0.2) is 11.5 Å². The van der Waals surface area contributed by atoms with Crippen molar-refractivity contribution >= 4 is 0 Å². The van der Waals surface area contributed by atoms with E-state index in [1.54, 1.807) is 7.11 Å². The third-order valence-corrected chi connectivity index (χ3v) is 3.46. The predicted octanol–water partition coefficient (Wildman–Crippen LogP) is 4.49. The van der Waals surface area contributed by atoms with E-state index in [0.29, 0.717) is 6.61 Å². The maximum Gasteiger partial charge on any atom is 0.161 e. The van der Waals surface area contributed by atoms with Crippen LogP contribution in [0.1, 0.15) is 51.1 Å². The molecular formula is C18H29NO2. The molecule has 3 heteroatoms. The second-order valence-corrected chi connectivity index (χ2v) is 5.08. The normalized spacial score (nSPS) is 12.0. The molecule has 1 atom stereocenters. The number of nitrogens with one attached hydrogen (secondary N) is 1. The smallest absolute Gasteiger partial charge is 0.161 e. The van der Waals surface area contributed by atoms with Gasteiger partial charge >= 0.3 is 0 Å². The molecule has 1 aromatic rings. The quantitative estimate of drug-likeness (QED) is 0.481. The van der Waals surface area contributed by atoms with E-state index in [9.17, 15) is 0 Å². The van der Waals surface area contributed by atoms with Crippen LogP contribution in [0, 0.1) is 0 Å². The number of methoxy groups -OCH3 is 1. The molecule has 0 spiro atoms. The van der Waals surface area contributed by atoms with Gasteiger partial charge in [-0.05, 0) is 44.0 Å². The zero-order valence-electron chi connectivity index (χ0n) is 13.7. The van der Waals surface area contributed by atoms with Crippen LogP contribution in [0.3, 0.4) is 0 Å². The Morgan fingerprint density at radius 3 is 2.67 bits per heavy atom. The summed E-state index contributed by atoms with van der Waals surface area (Å²) in [6, 6.07) is 6.44. The Morgan fingerprint density at radius 1 is 1.24 bits per heavy atom. The first-order chi connectivity index (χ1) is 10.3. The molecule has 0 aliphatic rings. The molecule has 0 heterocycles. The van der Waals surface area contributed by atoms with Crippen LogP contribution in [0.5, 0.6) is 11.5 Å². The predicted molar refractivity (Wildman–Crippen MR) is 89.2 cm³/mol. The molecule has 0 amide bonds. The molecular weight excluding hydrogens is 262 g/mol. The van der Waals surface area contributed by atoms with Gasteiger partial charge in [0.2, 0.25) is 0 Å². The Balaban J connectivity index is 2.79. The van der Waals surface area contributed by atoms with Crippen molar-refractivity contribution in [3.8, 4) is 11.5 Å². The lowest BCUT2D eigenvalue weighted by molar-refractivity contribution is 0.310. The zero-order chi connectivity index (χ0) is 15.5. The fraction of sp³-hybridized carbons (Fsp3) is 0.556. The van der Waals surface area contributed by atoms with Crippen molar-refractivity contribution in [1.82, 2.24) is 5.32 Å². The first-order valence-corrected chi connectivity index (χ1v) is 7.91. The first-order valence-electron chi connectivity index (χ1n) is 7.91. The van der Waals surface area contributed by atoms with Gasteiger partial charge in [-0.3, -0.25) is 0 Å². The number of ether oxygens (including phenoxy) is 2. The van der Waals surface area contributed by atoms with Gasteiger partial charge in [-0.2, -0.15) is 0 Å². The average Bonchev–Trinajstić information content (AvgIpc) is 2.51. The van der Waals surface area contributed by atoms with Gasteiger partial charge in [-0.15, -0.1) is 6.58 Å². The summed E-state index contributed by atoms with van der Waals surface area (Å²) >= 11 is 0. The van der Waals surface area contributed by atoms with Crippen molar-refractivity contribution in [3.63, 3.8) is 0 Å². The van der Waals surface area contributed by atoms with Crippen molar-refractivity contribution in [2.75, 3.05) is 20.3 Å². The van der Waals surface area contributed by atoms with Gasteiger partial charge in [0, 0.05) is 6.04 Å². The lowest BCUT2D eigenvalue weighted by atomic mass is 10.0. The largest absolute Gasteiger partial charge is 0.493 e. The molecule has 0 aromatic heterocycles. The number of unbranched alkanes of at least 4 members (excludes halogenated alkanes) is 2. The van der Waals surface area contributed by atoms with Gasteiger partial charge in [-0.25, -0.2) is 0 Å². The molecule has 0 bridgehead atoms. The maximum absolute atomic E-state index is 5.57. The Hall–Kier alpha value is -1.48. The highest BCUT2D eigenvalue weighted by Crippen LogP contribution is 2.31. The number of benzene rings is 1. The molecule has 0 aliphatic carbocycles. The third kappa shape index (κ3) is 5.80. The molecule has 0 fully saturated rings. The van der Waals surface area contributed by atoms with Crippen LogP contribution in [-0.4, -0.2) is 20.3 Å². The number of hydrogen-bond donors (Lipinski definition) is 1. The summed E-state index contributed by atoms with van der Waals surface area (Å²) in [5.74, 6) is 1.59. The van der Waals surface area contributed by atoms with Gasteiger partial charge in [0.1, 0.15) is 0 Å². The van der Waals surface area contributed by atoms with Crippen LogP contribution >= 0.6 is 0 Å². The molecule has 0 saturated heterocycles. The van der Waals surface area contributed by atoms with E-state index in [-0.39, 0.29) is 6.04 Å². The molecule has 0 radical (unpaired) electrons. The van der Waals surface area contributed by atoms with E-state index in [0.717, 1.165) is 24.5 Å². The van der Waals surface area contributed by atoms with E-state index in [4.69, 9.17) is 9.47 Å². The summed E-state index contributed by atoms with van der Waals surface area (Å²) in [6.07, 6.45) is 6.58. The summed E-state index contributed by atoms with van der Waals surface area (Å²) in [6.45, 7) is 9.73. The monoisotopic (exact) mass is 291 g/mol. The van der Waals surface area contributed by atoms with Gasteiger partial charge in [0.25, 0.3) is 0 Å². The molecule has 3 nitrogen and oxygen atoms in total. The third-order valence-electron chi connectivity index (χ3n) is 3.46. The van der Waals surface area contributed by atoms with Crippen LogP contribution < -0.4 is 14.8 Å². The minimum absolute atomic E-state index is 0.281. The Morgan fingerprint density at radius 2 is 2.05 bits per heavy atom. The average molecular weight is 291 g/mol. The standard InChI is InChI=1S/C18H29NO2/c1-5-8-9-13-19-16(10-6-2)15-11-12-17(21-7-3)18(14-15)20-4/h6,11-12,14,16,19H,2,5,7-10,13H2,1,3-4H3. The van der Waals surface area contributed by atoms with E-state index >= 15 is 0 Å². The van der Waals surface area contributed by atoms with E-state index < -0.39 is 0 Å². The van der Waals surface area contributed by atoms with E-state index in [2.05, 4.69) is 31.0 Å². The van der Waals surface area contributed by atoms with E-state index in [1.807, 2.05) is 19.1 Å². The summed E-state index contributed by atoms with van der Waals surface area (Å²) in [7, 11) is 1.68. The van der Waals surface area contributed by atoms with Crippen LogP contribution in [0.2, 0.25) is 0 Å². The molecule has 1 rings (SSSR count). The fourth-order valence-corrected chi connectivity index (χ4v) is 2.33. The van der Waals surface area contributed by atoms with E-state index in [1.165, 1.54) is 24.8 Å². The first kappa shape index (κ1) is 17.6. The lowest BCUT2D eigenvalue weighted by Crippen LogP contribution is -2.22. The highest BCUT2D eigenvalue weighted by atomic mass is 16.5. The molecule has 1 aromatic carbocycles.